The highest BCUT2D eigenvalue weighted by atomic mass is 32.2. The van der Waals surface area contributed by atoms with Gasteiger partial charge in [-0.05, 0) is 23.8 Å². The largest absolute Gasteiger partial charge is 0.493 e. The van der Waals surface area contributed by atoms with Gasteiger partial charge in [0.05, 0.1) is 14.2 Å². The second-order valence-corrected chi connectivity index (χ2v) is 5.41. The molecule has 0 saturated carbocycles. The molecule has 4 heteroatoms. The first-order chi connectivity index (χ1) is 8.24. The Morgan fingerprint density at radius 3 is 2.53 bits per heavy atom. The Labute approximate surface area is 107 Å². The van der Waals surface area contributed by atoms with Crippen molar-refractivity contribution in [1.82, 2.24) is 0 Å². The Kier molecular flexibility index (Phi) is 4.05. The molecule has 1 aromatic carbocycles. The van der Waals surface area contributed by atoms with Crippen molar-refractivity contribution in [3.63, 3.8) is 0 Å². The normalized spacial score (nSPS) is 23.5. The van der Waals surface area contributed by atoms with E-state index in [1.165, 1.54) is 11.5 Å². The van der Waals surface area contributed by atoms with Crippen LogP contribution in [-0.4, -0.2) is 31.8 Å². The number of methoxy groups -OCH3 is 2. The van der Waals surface area contributed by atoms with E-state index in [9.17, 15) is 0 Å². The first-order valence-corrected chi connectivity index (χ1v) is 6.96. The molecular formula is C13H19NO2S. The van der Waals surface area contributed by atoms with Gasteiger partial charge >= 0.3 is 0 Å². The highest BCUT2D eigenvalue weighted by Gasteiger charge is 2.23. The van der Waals surface area contributed by atoms with Crippen LogP contribution in [0.5, 0.6) is 11.5 Å². The summed E-state index contributed by atoms with van der Waals surface area (Å²) in [5.74, 6) is 4.68. The maximum atomic E-state index is 5.30. The summed E-state index contributed by atoms with van der Waals surface area (Å²) in [4.78, 5) is 0. The highest BCUT2D eigenvalue weighted by Crippen LogP contribution is 2.32. The van der Waals surface area contributed by atoms with Crippen molar-refractivity contribution in [2.75, 3.05) is 31.0 Å². The quantitative estimate of drug-likeness (QED) is 0.894. The van der Waals surface area contributed by atoms with Gasteiger partial charge in [-0.3, -0.25) is 0 Å². The van der Waals surface area contributed by atoms with Gasteiger partial charge < -0.3 is 14.8 Å². The molecule has 0 amide bonds. The van der Waals surface area contributed by atoms with E-state index < -0.39 is 0 Å². The highest BCUT2D eigenvalue weighted by molar-refractivity contribution is 7.99. The Morgan fingerprint density at radius 2 is 1.94 bits per heavy atom. The van der Waals surface area contributed by atoms with Crippen molar-refractivity contribution in [3.05, 3.63) is 18.2 Å². The first-order valence-electron chi connectivity index (χ1n) is 5.81. The standard InChI is InChI=1S/C13H19NO2S/c1-9-7-17-8-11(9)14-10-4-5-12(15-2)13(6-10)16-3/h4-6,9,11,14H,7-8H2,1-3H3. The van der Waals surface area contributed by atoms with E-state index in [1.807, 2.05) is 30.0 Å². The second-order valence-electron chi connectivity index (χ2n) is 4.34. The fourth-order valence-corrected chi connectivity index (χ4v) is 3.39. The van der Waals surface area contributed by atoms with Gasteiger partial charge in [-0.15, -0.1) is 0 Å². The van der Waals surface area contributed by atoms with Crippen LogP contribution in [0, 0.1) is 5.92 Å². The van der Waals surface area contributed by atoms with Crippen LogP contribution in [0.2, 0.25) is 0 Å². The Morgan fingerprint density at radius 1 is 1.18 bits per heavy atom. The molecule has 3 nitrogen and oxygen atoms in total. The van der Waals surface area contributed by atoms with E-state index in [-0.39, 0.29) is 0 Å². The van der Waals surface area contributed by atoms with E-state index in [2.05, 4.69) is 12.2 Å². The molecule has 17 heavy (non-hydrogen) atoms. The van der Waals surface area contributed by atoms with Gasteiger partial charge in [0.15, 0.2) is 11.5 Å². The molecule has 2 atom stereocenters. The lowest BCUT2D eigenvalue weighted by Gasteiger charge is -2.18. The maximum Gasteiger partial charge on any atom is 0.162 e. The van der Waals surface area contributed by atoms with Crippen LogP contribution in [0.4, 0.5) is 5.69 Å². The van der Waals surface area contributed by atoms with Crippen molar-refractivity contribution in [2.24, 2.45) is 5.92 Å². The van der Waals surface area contributed by atoms with Crippen molar-refractivity contribution >= 4 is 17.4 Å². The van der Waals surface area contributed by atoms with E-state index in [1.54, 1.807) is 14.2 Å². The summed E-state index contributed by atoms with van der Waals surface area (Å²) in [5, 5.41) is 3.56. The lowest BCUT2D eigenvalue weighted by atomic mass is 10.1. The number of benzene rings is 1. The van der Waals surface area contributed by atoms with E-state index in [4.69, 9.17) is 9.47 Å². The molecule has 1 N–H and O–H groups in total. The van der Waals surface area contributed by atoms with Gasteiger partial charge in [-0.1, -0.05) is 6.92 Å². The van der Waals surface area contributed by atoms with Crippen LogP contribution in [0.25, 0.3) is 0 Å². The number of ether oxygens (including phenoxy) is 2. The minimum absolute atomic E-state index is 0.554. The van der Waals surface area contributed by atoms with Gasteiger partial charge in [0.25, 0.3) is 0 Å². The lowest BCUT2D eigenvalue weighted by molar-refractivity contribution is 0.355. The Balaban J connectivity index is 2.10. The molecule has 0 radical (unpaired) electrons. The summed E-state index contributed by atoms with van der Waals surface area (Å²) in [6, 6.07) is 6.53. The molecule has 0 bridgehead atoms. The topological polar surface area (TPSA) is 30.5 Å². The number of hydrogen-bond donors (Lipinski definition) is 1. The number of thioether (sulfide) groups is 1. The molecule has 94 valence electrons. The molecule has 1 heterocycles. The van der Waals surface area contributed by atoms with E-state index in [0.29, 0.717) is 12.0 Å². The zero-order valence-electron chi connectivity index (χ0n) is 10.5. The van der Waals surface area contributed by atoms with Crippen LogP contribution in [0.15, 0.2) is 18.2 Å². The van der Waals surface area contributed by atoms with Gasteiger partial charge in [0.1, 0.15) is 0 Å². The molecule has 1 fully saturated rings. The summed E-state index contributed by atoms with van der Waals surface area (Å²) >= 11 is 2.01. The second kappa shape index (κ2) is 5.54. The average Bonchev–Trinajstić information content (AvgIpc) is 2.75. The van der Waals surface area contributed by atoms with Crippen LogP contribution in [0.1, 0.15) is 6.92 Å². The van der Waals surface area contributed by atoms with Crippen molar-refractivity contribution in [3.8, 4) is 11.5 Å². The summed E-state index contributed by atoms with van der Waals surface area (Å²) in [7, 11) is 3.32. The third kappa shape index (κ3) is 2.80. The molecule has 1 aliphatic rings. The molecule has 2 unspecified atom stereocenters. The smallest absolute Gasteiger partial charge is 0.162 e. The van der Waals surface area contributed by atoms with Gasteiger partial charge in [0, 0.05) is 23.5 Å². The monoisotopic (exact) mass is 253 g/mol. The predicted molar refractivity (Wildman–Crippen MR) is 73.4 cm³/mol. The molecular weight excluding hydrogens is 234 g/mol. The number of hydrogen-bond acceptors (Lipinski definition) is 4. The van der Waals surface area contributed by atoms with Crippen LogP contribution in [0.3, 0.4) is 0 Å². The van der Waals surface area contributed by atoms with E-state index >= 15 is 0 Å². The van der Waals surface area contributed by atoms with Gasteiger partial charge in [0.2, 0.25) is 0 Å². The zero-order valence-corrected chi connectivity index (χ0v) is 11.3. The first kappa shape index (κ1) is 12.4. The maximum absolute atomic E-state index is 5.30. The molecule has 1 aliphatic heterocycles. The molecule has 2 rings (SSSR count). The molecule has 0 aromatic heterocycles. The number of nitrogens with one attached hydrogen (secondary N) is 1. The Hall–Kier alpha value is -1.03. The Bertz CT molecular complexity index is 384. The minimum Gasteiger partial charge on any atom is -0.493 e. The summed E-state index contributed by atoms with van der Waals surface area (Å²) in [6.45, 7) is 2.29. The van der Waals surface area contributed by atoms with Crippen LogP contribution in [-0.2, 0) is 0 Å². The van der Waals surface area contributed by atoms with Gasteiger partial charge in [-0.2, -0.15) is 11.8 Å². The fourth-order valence-electron chi connectivity index (χ4n) is 1.99. The van der Waals surface area contributed by atoms with Crippen molar-refractivity contribution in [1.29, 1.82) is 0 Å². The molecule has 0 aliphatic carbocycles. The third-order valence-electron chi connectivity index (χ3n) is 3.10. The number of rotatable bonds is 4. The van der Waals surface area contributed by atoms with Crippen LogP contribution < -0.4 is 14.8 Å². The fraction of sp³-hybridized carbons (Fsp3) is 0.538. The summed E-state index contributed by atoms with van der Waals surface area (Å²) in [5.41, 5.74) is 1.10. The minimum atomic E-state index is 0.554. The molecule has 1 aromatic rings. The summed E-state index contributed by atoms with van der Waals surface area (Å²) in [6.07, 6.45) is 0. The van der Waals surface area contributed by atoms with Gasteiger partial charge in [-0.25, -0.2) is 0 Å². The summed E-state index contributed by atoms with van der Waals surface area (Å²) < 4.78 is 10.5. The van der Waals surface area contributed by atoms with E-state index in [0.717, 1.165) is 17.2 Å². The van der Waals surface area contributed by atoms with Crippen LogP contribution >= 0.6 is 11.8 Å². The average molecular weight is 253 g/mol. The predicted octanol–water partition coefficient (Wildman–Crippen LogP) is 2.87. The molecule has 1 saturated heterocycles. The molecule has 0 spiro atoms. The lowest BCUT2D eigenvalue weighted by Crippen LogP contribution is -2.25. The zero-order chi connectivity index (χ0) is 12.3. The van der Waals surface area contributed by atoms with Crippen molar-refractivity contribution in [2.45, 2.75) is 13.0 Å². The number of anilines is 1. The SMILES string of the molecule is COc1ccc(NC2CSCC2C)cc1OC. The van der Waals surface area contributed by atoms with Crippen molar-refractivity contribution < 1.29 is 9.47 Å². The third-order valence-corrected chi connectivity index (χ3v) is 4.46.